The van der Waals surface area contributed by atoms with Crippen molar-refractivity contribution in [2.75, 3.05) is 0 Å². The monoisotopic (exact) mass is 988 g/mol. The van der Waals surface area contributed by atoms with Crippen molar-refractivity contribution in [2.45, 2.75) is 13.8 Å². The molecular weight excluding hydrogens is 945 g/mol. The third-order valence-corrected chi connectivity index (χ3v) is 17.8. The van der Waals surface area contributed by atoms with E-state index in [4.69, 9.17) is 8.83 Å². The van der Waals surface area contributed by atoms with E-state index >= 15 is 0 Å². The lowest BCUT2D eigenvalue weighted by Gasteiger charge is -2.20. The zero-order valence-electron chi connectivity index (χ0n) is 42.8. The molecule has 14 aromatic carbocycles. The molecule has 2 heterocycles. The molecule has 0 bridgehead atoms. The minimum absolute atomic E-state index is 0.911. The van der Waals surface area contributed by atoms with Crippen molar-refractivity contribution in [3.63, 3.8) is 0 Å². The highest BCUT2D eigenvalue weighted by molar-refractivity contribution is 6.31. The van der Waals surface area contributed by atoms with Crippen molar-refractivity contribution in [3.05, 3.63) is 242 Å². The molecule has 2 aromatic heterocycles. The summed E-state index contributed by atoms with van der Waals surface area (Å²) < 4.78 is 12.9. The van der Waals surface area contributed by atoms with Crippen LogP contribution in [0.3, 0.4) is 0 Å². The van der Waals surface area contributed by atoms with E-state index in [-0.39, 0.29) is 0 Å². The van der Waals surface area contributed by atoms with Crippen LogP contribution in [-0.4, -0.2) is 0 Å². The van der Waals surface area contributed by atoms with Gasteiger partial charge in [-0.1, -0.05) is 170 Å². The van der Waals surface area contributed by atoms with Crippen LogP contribution in [0.1, 0.15) is 11.1 Å². The predicted octanol–water partition coefficient (Wildman–Crippen LogP) is 21.8. The van der Waals surface area contributed by atoms with E-state index in [0.29, 0.717) is 0 Å². The summed E-state index contributed by atoms with van der Waals surface area (Å²) in [5, 5.41) is 17.3. The van der Waals surface area contributed by atoms with Crippen molar-refractivity contribution in [2.24, 2.45) is 0 Å². The average molecular weight is 989 g/mol. The van der Waals surface area contributed by atoms with Crippen LogP contribution in [0.2, 0.25) is 0 Å². The van der Waals surface area contributed by atoms with E-state index in [0.717, 1.165) is 43.9 Å². The highest BCUT2D eigenvalue weighted by Gasteiger charge is 2.29. The third kappa shape index (κ3) is 5.55. The van der Waals surface area contributed by atoms with E-state index < -0.39 is 0 Å². The summed E-state index contributed by atoms with van der Waals surface area (Å²) in [6, 6.07) is 86.1. The molecule has 16 aromatic rings. The first-order valence-electron chi connectivity index (χ1n) is 27.1. The van der Waals surface area contributed by atoms with Crippen molar-refractivity contribution in [1.82, 2.24) is 0 Å². The first-order chi connectivity index (χ1) is 38.5. The molecule has 0 amide bonds. The zero-order chi connectivity index (χ0) is 51.1. The number of hydrogen-bond donors (Lipinski definition) is 0. The SMILES string of the molecule is Cc1ccccc1-c1cc2c3cc4c(cc3c(-c3ccccc3C)cc2c2cc3c(cc12)-c1cccc2c(-c5cccc6oc7ccccc7c56)ccc-3c12)-c1cccc2c(-c3cccc5oc6ccccc6c35)ccc-4c12. The number of furan rings is 2. The highest BCUT2D eigenvalue weighted by atomic mass is 16.3. The molecule has 2 heteroatoms. The second-order valence-electron chi connectivity index (χ2n) is 21.8. The number of fused-ring (bicyclic) bond motifs is 17. The molecule has 78 heavy (non-hydrogen) atoms. The zero-order valence-corrected chi connectivity index (χ0v) is 42.8. The minimum Gasteiger partial charge on any atom is -0.456 e. The second kappa shape index (κ2) is 15.3. The molecular formula is C76H44O2. The first kappa shape index (κ1) is 42.2. The summed E-state index contributed by atoms with van der Waals surface area (Å²) >= 11 is 0. The molecule has 0 aliphatic heterocycles. The van der Waals surface area contributed by atoms with Crippen molar-refractivity contribution >= 4 is 97.7 Å². The van der Waals surface area contributed by atoms with E-state index in [1.54, 1.807) is 0 Å². The van der Waals surface area contributed by atoms with Gasteiger partial charge in [-0.2, -0.15) is 0 Å². The predicted molar refractivity (Wildman–Crippen MR) is 329 cm³/mol. The molecule has 0 atom stereocenters. The van der Waals surface area contributed by atoms with Crippen molar-refractivity contribution in [3.8, 4) is 89.0 Å². The smallest absolute Gasteiger partial charge is 0.136 e. The van der Waals surface area contributed by atoms with Gasteiger partial charge in [0.1, 0.15) is 22.3 Å². The molecule has 18 rings (SSSR count). The van der Waals surface area contributed by atoms with E-state index in [1.165, 1.54) is 154 Å². The lowest BCUT2D eigenvalue weighted by atomic mass is 9.83. The summed E-state index contributed by atoms with van der Waals surface area (Å²) in [6.07, 6.45) is 0. The second-order valence-corrected chi connectivity index (χ2v) is 21.8. The summed E-state index contributed by atoms with van der Waals surface area (Å²) in [6.45, 7) is 4.52. The Morgan fingerprint density at radius 3 is 0.923 bits per heavy atom. The number of aryl methyl sites for hydroxylation is 2. The molecule has 0 radical (unpaired) electrons. The molecule has 0 saturated heterocycles. The van der Waals surface area contributed by atoms with E-state index in [9.17, 15) is 0 Å². The maximum Gasteiger partial charge on any atom is 0.136 e. The Morgan fingerprint density at radius 1 is 0.179 bits per heavy atom. The van der Waals surface area contributed by atoms with Crippen LogP contribution < -0.4 is 0 Å². The van der Waals surface area contributed by atoms with Gasteiger partial charge in [0.05, 0.1) is 0 Å². The van der Waals surface area contributed by atoms with Gasteiger partial charge in [0.25, 0.3) is 0 Å². The fraction of sp³-hybridized carbons (Fsp3) is 0.0263. The maximum absolute atomic E-state index is 6.43. The summed E-state index contributed by atoms with van der Waals surface area (Å²) in [7, 11) is 0. The molecule has 0 fully saturated rings. The van der Waals surface area contributed by atoms with Gasteiger partial charge in [-0.3, -0.25) is 0 Å². The Bertz CT molecular complexity index is 5070. The molecule has 0 N–H and O–H groups in total. The van der Waals surface area contributed by atoms with Gasteiger partial charge in [-0.05, 0) is 229 Å². The molecule has 0 unspecified atom stereocenters. The average Bonchev–Trinajstić information content (AvgIpc) is 4.34. The Kier molecular flexibility index (Phi) is 8.29. The van der Waals surface area contributed by atoms with Gasteiger partial charge in [0.2, 0.25) is 0 Å². The van der Waals surface area contributed by atoms with Gasteiger partial charge in [-0.15, -0.1) is 0 Å². The number of benzene rings is 14. The number of rotatable bonds is 4. The van der Waals surface area contributed by atoms with Gasteiger partial charge >= 0.3 is 0 Å². The largest absolute Gasteiger partial charge is 0.456 e. The van der Waals surface area contributed by atoms with Crippen LogP contribution in [0.5, 0.6) is 0 Å². The van der Waals surface area contributed by atoms with Gasteiger partial charge < -0.3 is 8.83 Å². The Balaban J connectivity index is 0.915. The summed E-state index contributed by atoms with van der Waals surface area (Å²) in [4.78, 5) is 0. The van der Waals surface area contributed by atoms with Gasteiger partial charge in [-0.25, -0.2) is 0 Å². The molecule has 2 aliphatic carbocycles. The first-order valence-corrected chi connectivity index (χ1v) is 27.1. The number of hydrogen-bond acceptors (Lipinski definition) is 2. The maximum atomic E-state index is 6.43. The molecule has 2 nitrogen and oxygen atoms in total. The normalized spacial score (nSPS) is 12.5. The van der Waals surface area contributed by atoms with Crippen LogP contribution in [0.25, 0.3) is 187 Å². The quantitative estimate of drug-likeness (QED) is 0.164. The van der Waals surface area contributed by atoms with Gasteiger partial charge in [0, 0.05) is 21.5 Å². The summed E-state index contributed by atoms with van der Waals surface area (Å²) in [5.41, 5.74) is 26.2. The van der Waals surface area contributed by atoms with Crippen molar-refractivity contribution in [1.29, 1.82) is 0 Å². The van der Waals surface area contributed by atoms with Crippen LogP contribution >= 0.6 is 0 Å². The molecule has 2 aliphatic rings. The van der Waals surface area contributed by atoms with Crippen LogP contribution in [-0.2, 0) is 0 Å². The molecule has 0 spiro atoms. The lowest BCUT2D eigenvalue weighted by molar-refractivity contribution is 0.668. The van der Waals surface area contributed by atoms with Gasteiger partial charge in [0.15, 0.2) is 0 Å². The third-order valence-electron chi connectivity index (χ3n) is 17.8. The lowest BCUT2D eigenvalue weighted by Crippen LogP contribution is -1.93. The topological polar surface area (TPSA) is 26.3 Å². The molecule has 0 saturated carbocycles. The minimum atomic E-state index is 0.911. The van der Waals surface area contributed by atoms with Crippen molar-refractivity contribution < 1.29 is 8.83 Å². The summed E-state index contributed by atoms with van der Waals surface area (Å²) in [5.74, 6) is 0. The fourth-order valence-corrected chi connectivity index (χ4v) is 14.4. The van der Waals surface area contributed by atoms with E-state index in [1.807, 2.05) is 0 Å². The van der Waals surface area contributed by atoms with Crippen LogP contribution in [0, 0.1) is 13.8 Å². The van der Waals surface area contributed by atoms with Crippen LogP contribution in [0.4, 0.5) is 0 Å². The highest BCUT2D eigenvalue weighted by Crippen LogP contribution is 2.56. The molecule has 360 valence electrons. The Morgan fingerprint density at radius 2 is 0.474 bits per heavy atom. The number of para-hydroxylation sites is 2. The van der Waals surface area contributed by atoms with E-state index in [2.05, 4.69) is 244 Å². The fourth-order valence-electron chi connectivity index (χ4n) is 14.4. The Labute approximate surface area is 448 Å². The Hall–Kier alpha value is -10.0. The standard InChI is InChI=1S/C76H44O2/c1-41-15-3-5-17-43(41)57-35-65-66(67-39-61-53-33-31-45(47-21-11-23-51(73(47)53)59(61)37-63(57)67)49-25-13-29-71-75(49)55-19-7-9-27-69(55)77-71)36-58(44-18-6-4-16-42(44)2)64-38-60-52-24-12-22-48-46(32-34-54(74(48)52)62(60)40-68(64)65)50-26-14-30-72-76(50)56-20-8-10-28-70(56)78-72/h3-40H,1-2H3. The van der Waals surface area contributed by atoms with Crippen LogP contribution in [0.15, 0.2) is 239 Å².